The van der Waals surface area contributed by atoms with Gasteiger partial charge in [-0.2, -0.15) is 0 Å². The van der Waals surface area contributed by atoms with Crippen molar-refractivity contribution >= 4 is 5.84 Å². The van der Waals surface area contributed by atoms with Crippen LogP contribution in [0.3, 0.4) is 0 Å². The first-order chi connectivity index (χ1) is 10.2. The van der Waals surface area contributed by atoms with Gasteiger partial charge >= 0.3 is 0 Å². The van der Waals surface area contributed by atoms with Crippen molar-refractivity contribution in [2.24, 2.45) is 22.7 Å². The van der Waals surface area contributed by atoms with E-state index in [9.17, 15) is 0 Å². The van der Waals surface area contributed by atoms with Crippen LogP contribution in [0.15, 0.2) is 23.5 Å². The summed E-state index contributed by atoms with van der Waals surface area (Å²) in [6, 6.07) is 3.83. The highest BCUT2D eigenvalue weighted by Gasteiger charge is 2.19. The molecular weight excluding hydrogens is 264 g/mol. The molecule has 0 atom stereocenters. The van der Waals surface area contributed by atoms with Crippen molar-refractivity contribution in [3.8, 4) is 0 Å². The van der Waals surface area contributed by atoms with Crippen LogP contribution in [0.4, 0.5) is 0 Å². The van der Waals surface area contributed by atoms with E-state index in [1.54, 1.807) is 6.20 Å². The first-order valence-electron chi connectivity index (χ1n) is 7.87. The molecule has 1 aliphatic rings. The monoisotopic (exact) mass is 290 g/mol. The molecule has 1 aliphatic carbocycles. The molecule has 0 spiro atoms. The normalized spacial score (nSPS) is 23.2. The fourth-order valence-electron chi connectivity index (χ4n) is 3.11. The molecule has 1 aromatic heterocycles. The average Bonchev–Trinajstić information content (AvgIpc) is 2.55. The fraction of sp³-hybridized carbons (Fsp3) is 0.625. The second-order valence-electron chi connectivity index (χ2n) is 5.92. The maximum atomic E-state index is 8.79. The highest BCUT2D eigenvalue weighted by atomic mass is 16.4. The van der Waals surface area contributed by atoms with E-state index in [1.165, 1.54) is 32.1 Å². The molecule has 0 bridgehead atoms. The van der Waals surface area contributed by atoms with Gasteiger partial charge in [0.2, 0.25) is 0 Å². The van der Waals surface area contributed by atoms with Crippen LogP contribution >= 0.6 is 0 Å². The summed E-state index contributed by atoms with van der Waals surface area (Å²) in [5.74, 6) is 1.78. The van der Waals surface area contributed by atoms with Crippen LogP contribution in [-0.4, -0.2) is 22.6 Å². The van der Waals surface area contributed by atoms with Crippen molar-refractivity contribution in [2.45, 2.75) is 45.6 Å². The lowest BCUT2D eigenvalue weighted by molar-refractivity contribution is 0.262. The van der Waals surface area contributed by atoms with Gasteiger partial charge in [0.25, 0.3) is 0 Å². The molecule has 1 heterocycles. The average molecular weight is 290 g/mol. The van der Waals surface area contributed by atoms with Crippen LogP contribution in [0.5, 0.6) is 0 Å². The third kappa shape index (κ3) is 4.43. The first kappa shape index (κ1) is 15.8. The molecule has 4 N–H and O–H groups in total. The van der Waals surface area contributed by atoms with Gasteiger partial charge in [-0.25, -0.2) is 0 Å². The highest BCUT2D eigenvalue weighted by Crippen LogP contribution is 2.30. The number of nitrogens with one attached hydrogen (secondary N) is 1. The molecule has 1 aromatic rings. The molecular formula is C16H26N4O. The quantitative estimate of drug-likeness (QED) is 0.325. The molecule has 116 valence electrons. The molecule has 1 fully saturated rings. The zero-order valence-corrected chi connectivity index (χ0v) is 12.8. The molecule has 5 nitrogen and oxygen atoms in total. The summed E-state index contributed by atoms with van der Waals surface area (Å²) in [6.07, 6.45) is 8.36. The number of nitrogens with two attached hydrogens (primary N) is 1. The third-order valence-corrected chi connectivity index (χ3v) is 4.53. The number of amidine groups is 1. The van der Waals surface area contributed by atoms with E-state index in [1.807, 2.05) is 12.1 Å². The van der Waals surface area contributed by atoms with Crippen LogP contribution in [0.25, 0.3) is 0 Å². The zero-order chi connectivity index (χ0) is 15.1. The molecule has 0 radical (unpaired) electrons. The van der Waals surface area contributed by atoms with Gasteiger partial charge in [-0.05, 0) is 42.9 Å². The smallest absolute Gasteiger partial charge is 0.189 e. The first-order valence-corrected chi connectivity index (χ1v) is 7.87. The summed E-state index contributed by atoms with van der Waals surface area (Å²) >= 11 is 0. The van der Waals surface area contributed by atoms with E-state index in [-0.39, 0.29) is 5.84 Å². The number of rotatable bonds is 6. The van der Waals surface area contributed by atoms with E-state index in [2.05, 4.69) is 22.4 Å². The summed E-state index contributed by atoms with van der Waals surface area (Å²) in [6.45, 7) is 4.02. The lowest BCUT2D eigenvalue weighted by Gasteiger charge is -2.28. The van der Waals surface area contributed by atoms with Crippen LogP contribution in [0.2, 0.25) is 0 Å². The molecule has 1 saturated carbocycles. The Balaban J connectivity index is 1.82. The highest BCUT2D eigenvalue weighted by molar-refractivity contribution is 5.96. The molecule has 0 aromatic carbocycles. The molecule has 2 rings (SSSR count). The lowest BCUT2D eigenvalue weighted by atomic mass is 9.81. The van der Waals surface area contributed by atoms with Crippen molar-refractivity contribution in [3.63, 3.8) is 0 Å². The summed E-state index contributed by atoms with van der Waals surface area (Å²) in [4.78, 5) is 4.18. The molecule has 0 unspecified atom stereocenters. The predicted octanol–water partition coefficient (Wildman–Crippen LogP) is 2.48. The van der Waals surface area contributed by atoms with Gasteiger partial charge < -0.3 is 16.3 Å². The number of hydrogen-bond acceptors (Lipinski definition) is 4. The zero-order valence-electron chi connectivity index (χ0n) is 12.8. The van der Waals surface area contributed by atoms with Crippen molar-refractivity contribution in [1.29, 1.82) is 0 Å². The van der Waals surface area contributed by atoms with Gasteiger partial charge in [0.05, 0.1) is 0 Å². The fourth-order valence-corrected chi connectivity index (χ4v) is 3.11. The third-order valence-electron chi connectivity index (χ3n) is 4.53. The summed E-state index contributed by atoms with van der Waals surface area (Å²) in [5.41, 5.74) is 7.18. The molecule has 0 saturated heterocycles. The second-order valence-corrected chi connectivity index (χ2v) is 5.92. The van der Waals surface area contributed by atoms with Crippen LogP contribution in [0, 0.1) is 11.8 Å². The molecule has 5 heteroatoms. The number of aromatic nitrogens is 1. The van der Waals surface area contributed by atoms with Crippen molar-refractivity contribution in [3.05, 3.63) is 29.6 Å². The molecule has 21 heavy (non-hydrogen) atoms. The largest absolute Gasteiger partial charge is 0.409 e. The Morgan fingerprint density at radius 2 is 2.10 bits per heavy atom. The minimum Gasteiger partial charge on any atom is -0.409 e. The Labute approximate surface area is 126 Å². The van der Waals surface area contributed by atoms with E-state index < -0.39 is 0 Å². The van der Waals surface area contributed by atoms with Gasteiger partial charge in [0.1, 0.15) is 5.69 Å². The Morgan fingerprint density at radius 3 is 2.76 bits per heavy atom. The van der Waals surface area contributed by atoms with E-state index in [0.717, 1.165) is 23.9 Å². The number of nitrogens with zero attached hydrogens (tertiary/aromatic N) is 2. The van der Waals surface area contributed by atoms with Gasteiger partial charge in [0, 0.05) is 12.7 Å². The maximum Gasteiger partial charge on any atom is 0.189 e. The maximum absolute atomic E-state index is 8.79. The summed E-state index contributed by atoms with van der Waals surface area (Å²) in [5, 5.41) is 15.3. The lowest BCUT2D eigenvalue weighted by Crippen LogP contribution is -2.27. The van der Waals surface area contributed by atoms with Gasteiger partial charge in [0.15, 0.2) is 5.84 Å². The topological polar surface area (TPSA) is 83.5 Å². The Hall–Kier alpha value is -1.62. The number of hydrogen-bond donors (Lipinski definition) is 3. The van der Waals surface area contributed by atoms with Crippen LogP contribution in [-0.2, 0) is 6.54 Å². The van der Waals surface area contributed by atoms with E-state index in [4.69, 9.17) is 10.9 Å². The minimum absolute atomic E-state index is 0.0656. The number of pyridine rings is 1. The van der Waals surface area contributed by atoms with Crippen molar-refractivity contribution < 1.29 is 5.21 Å². The Bertz CT molecular complexity index is 467. The summed E-state index contributed by atoms with van der Waals surface area (Å²) in [7, 11) is 0. The van der Waals surface area contributed by atoms with Gasteiger partial charge in [-0.3, -0.25) is 4.98 Å². The van der Waals surface area contributed by atoms with Gasteiger partial charge in [-0.1, -0.05) is 37.4 Å². The molecule has 0 aliphatic heterocycles. The minimum atomic E-state index is 0.0656. The van der Waals surface area contributed by atoms with Crippen LogP contribution < -0.4 is 11.1 Å². The Morgan fingerprint density at radius 1 is 1.38 bits per heavy atom. The standard InChI is InChI=1S/C16H26N4O/c1-2-12-5-7-13(8-6-12)10-18-11-14-4-3-9-19-15(14)16(17)20-21/h3-4,9,12-13,18,21H,2,5-8,10-11H2,1H3,(H2,17,20). The predicted molar refractivity (Wildman–Crippen MR) is 84.2 cm³/mol. The van der Waals surface area contributed by atoms with E-state index >= 15 is 0 Å². The number of oxime groups is 1. The van der Waals surface area contributed by atoms with Gasteiger partial charge in [-0.15, -0.1) is 0 Å². The van der Waals surface area contributed by atoms with Crippen LogP contribution in [0.1, 0.15) is 50.3 Å². The SMILES string of the molecule is CCC1CCC(CNCc2cccnc2C(N)=NO)CC1. The molecule has 0 amide bonds. The van der Waals surface area contributed by atoms with E-state index in [0.29, 0.717) is 12.2 Å². The van der Waals surface area contributed by atoms with Crippen molar-refractivity contribution in [1.82, 2.24) is 10.3 Å². The second kappa shape index (κ2) is 7.98. The van der Waals surface area contributed by atoms with Crippen molar-refractivity contribution in [2.75, 3.05) is 6.54 Å². The summed E-state index contributed by atoms with van der Waals surface area (Å²) < 4.78 is 0. The Kier molecular flexibility index (Phi) is 5.99.